The van der Waals surface area contributed by atoms with Crippen LogP contribution in [0.4, 0.5) is 5.69 Å². The average molecular weight is 381 g/mol. The van der Waals surface area contributed by atoms with Crippen LogP contribution in [0.25, 0.3) is 21.9 Å². The van der Waals surface area contributed by atoms with E-state index in [9.17, 15) is 10.2 Å². The highest BCUT2D eigenvalue weighted by Crippen LogP contribution is 2.33. The van der Waals surface area contributed by atoms with Crippen molar-refractivity contribution >= 4 is 40.0 Å². The lowest BCUT2D eigenvalue weighted by Gasteiger charge is -2.18. The highest BCUT2D eigenvalue weighted by Gasteiger charge is 2.19. The molecule has 3 aromatic rings. The summed E-state index contributed by atoms with van der Waals surface area (Å²) in [7, 11) is 0. The van der Waals surface area contributed by atoms with Gasteiger partial charge in [-0.05, 0) is 19.4 Å². The van der Waals surface area contributed by atoms with Crippen LogP contribution in [0.3, 0.4) is 0 Å². The van der Waals surface area contributed by atoms with E-state index in [1.807, 2.05) is 38.1 Å². The average Bonchev–Trinajstić information content (AvgIpc) is 2.94. The molecule has 0 spiro atoms. The molecule has 8 heteroatoms. The number of pyridine rings is 1. The molecular formula is C18H25ClN4O3. The summed E-state index contributed by atoms with van der Waals surface area (Å²) in [6, 6.07) is 7.73. The summed E-state index contributed by atoms with van der Waals surface area (Å²) in [4.78, 5) is 4.71. The maximum absolute atomic E-state index is 9.80. The minimum atomic E-state index is -0.895. The van der Waals surface area contributed by atoms with Crippen molar-refractivity contribution in [3.8, 4) is 0 Å². The van der Waals surface area contributed by atoms with E-state index < -0.39 is 6.10 Å². The van der Waals surface area contributed by atoms with E-state index in [1.54, 1.807) is 4.68 Å². The molecule has 0 fully saturated rings. The van der Waals surface area contributed by atoms with Crippen LogP contribution in [0.5, 0.6) is 0 Å². The number of para-hydroxylation sites is 1. The summed E-state index contributed by atoms with van der Waals surface area (Å²) in [5, 5.41) is 38.3. The van der Waals surface area contributed by atoms with E-state index in [2.05, 4.69) is 10.4 Å². The van der Waals surface area contributed by atoms with E-state index in [0.29, 0.717) is 5.65 Å². The van der Waals surface area contributed by atoms with E-state index in [0.717, 1.165) is 34.1 Å². The monoisotopic (exact) mass is 380 g/mol. The molecule has 0 aliphatic carbocycles. The number of anilines is 1. The fraction of sp³-hybridized carbons (Fsp3) is 0.444. The van der Waals surface area contributed by atoms with Gasteiger partial charge in [0, 0.05) is 11.4 Å². The zero-order valence-corrected chi connectivity index (χ0v) is 15.7. The highest BCUT2D eigenvalue weighted by molar-refractivity contribution is 6.07. The van der Waals surface area contributed by atoms with Gasteiger partial charge in [-0.2, -0.15) is 5.10 Å². The van der Waals surface area contributed by atoms with E-state index in [-0.39, 0.29) is 38.2 Å². The lowest BCUT2D eigenvalue weighted by atomic mass is 10.1. The molecule has 0 saturated heterocycles. The summed E-state index contributed by atoms with van der Waals surface area (Å²) in [5.41, 5.74) is 3.14. The quantitative estimate of drug-likeness (QED) is 0.498. The predicted molar refractivity (Wildman–Crippen MR) is 105 cm³/mol. The van der Waals surface area contributed by atoms with Gasteiger partial charge in [0.1, 0.15) is 0 Å². The van der Waals surface area contributed by atoms with Gasteiger partial charge in [-0.1, -0.05) is 25.1 Å². The van der Waals surface area contributed by atoms with Crippen LogP contribution in [0.1, 0.15) is 19.0 Å². The summed E-state index contributed by atoms with van der Waals surface area (Å²) in [6.45, 7) is 3.78. The fourth-order valence-corrected chi connectivity index (χ4v) is 3.02. The van der Waals surface area contributed by atoms with Crippen LogP contribution in [0, 0.1) is 6.92 Å². The van der Waals surface area contributed by atoms with Gasteiger partial charge < -0.3 is 20.6 Å². The molecule has 2 atom stereocenters. The molecule has 2 aromatic heterocycles. The number of hydrogen-bond acceptors (Lipinski definition) is 6. The number of aliphatic hydroxyl groups excluding tert-OH is 3. The molecule has 142 valence electrons. The Morgan fingerprint density at radius 1 is 1.19 bits per heavy atom. The minimum Gasteiger partial charge on any atom is -0.394 e. The maximum atomic E-state index is 9.80. The van der Waals surface area contributed by atoms with Crippen molar-refractivity contribution in [3.05, 3.63) is 30.0 Å². The van der Waals surface area contributed by atoms with Crippen LogP contribution < -0.4 is 5.32 Å². The number of fused-ring (bicyclic) bond motifs is 2. The van der Waals surface area contributed by atoms with Crippen molar-refractivity contribution in [2.45, 2.75) is 39.0 Å². The lowest BCUT2D eigenvalue weighted by molar-refractivity contribution is 0.0791. The number of aromatic nitrogens is 3. The predicted octanol–water partition coefficient (Wildman–Crippen LogP) is 1.85. The molecular weight excluding hydrogens is 356 g/mol. The second-order valence-corrected chi connectivity index (χ2v) is 6.24. The first kappa shape index (κ1) is 20.4. The lowest BCUT2D eigenvalue weighted by Crippen LogP contribution is -2.23. The van der Waals surface area contributed by atoms with Crippen molar-refractivity contribution in [1.82, 2.24) is 14.8 Å². The van der Waals surface area contributed by atoms with Crippen molar-refractivity contribution in [2.75, 3.05) is 18.5 Å². The topological polar surface area (TPSA) is 103 Å². The molecule has 0 aliphatic heterocycles. The Morgan fingerprint density at radius 3 is 2.58 bits per heavy atom. The van der Waals surface area contributed by atoms with E-state index in [1.165, 1.54) is 0 Å². The second kappa shape index (κ2) is 8.64. The Bertz CT molecular complexity index is 880. The van der Waals surface area contributed by atoms with Crippen molar-refractivity contribution in [1.29, 1.82) is 0 Å². The van der Waals surface area contributed by atoms with Crippen LogP contribution in [-0.2, 0) is 6.54 Å². The van der Waals surface area contributed by atoms with E-state index in [4.69, 9.17) is 10.1 Å². The first-order valence-electron chi connectivity index (χ1n) is 8.51. The first-order valence-corrected chi connectivity index (χ1v) is 8.51. The zero-order chi connectivity index (χ0) is 18.0. The van der Waals surface area contributed by atoms with Crippen LogP contribution >= 0.6 is 12.4 Å². The van der Waals surface area contributed by atoms with Crippen molar-refractivity contribution < 1.29 is 15.3 Å². The van der Waals surface area contributed by atoms with Crippen molar-refractivity contribution in [2.24, 2.45) is 0 Å². The molecule has 2 heterocycles. The largest absolute Gasteiger partial charge is 0.394 e. The number of rotatable bonds is 7. The normalized spacial score (nSPS) is 13.6. The van der Waals surface area contributed by atoms with Gasteiger partial charge in [0.05, 0.1) is 48.1 Å². The molecule has 7 nitrogen and oxygen atoms in total. The Kier molecular flexibility index (Phi) is 6.77. The molecule has 26 heavy (non-hydrogen) atoms. The van der Waals surface area contributed by atoms with Crippen molar-refractivity contribution in [3.63, 3.8) is 0 Å². The number of nitrogens with zero attached hydrogens (tertiary/aromatic N) is 3. The molecule has 0 bridgehead atoms. The third-order valence-electron chi connectivity index (χ3n) is 4.41. The molecule has 0 radical (unpaired) electrons. The standard InChI is InChI=1S/C18H24N4O3.ClH/c1-3-12(9-23)19-17-14-6-4-5-7-15(14)20-18-16(17)11(2)21-22(18)8-13(25)10-24;/h4-7,12-13,23-25H,3,8-10H2,1-2H3,(H,19,20);1H. The summed E-state index contributed by atoms with van der Waals surface area (Å²) in [5.74, 6) is 0. The number of aryl methyl sites for hydroxylation is 1. The molecule has 0 aliphatic rings. The number of nitrogens with one attached hydrogen (secondary N) is 1. The Balaban J connectivity index is 0.00000243. The molecule has 1 aromatic carbocycles. The third-order valence-corrected chi connectivity index (χ3v) is 4.41. The summed E-state index contributed by atoms with van der Waals surface area (Å²) in [6.07, 6.45) is -0.113. The Hall–Kier alpha value is -1.93. The van der Waals surface area contributed by atoms with Gasteiger partial charge in [-0.15, -0.1) is 12.4 Å². The van der Waals surface area contributed by atoms with Gasteiger partial charge in [0.2, 0.25) is 0 Å². The zero-order valence-electron chi connectivity index (χ0n) is 14.9. The number of benzene rings is 1. The first-order chi connectivity index (χ1) is 12.1. The number of aliphatic hydroxyl groups is 3. The Morgan fingerprint density at radius 2 is 1.92 bits per heavy atom. The highest BCUT2D eigenvalue weighted by atomic mass is 35.5. The van der Waals surface area contributed by atoms with Gasteiger partial charge in [-0.3, -0.25) is 0 Å². The summed E-state index contributed by atoms with van der Waals surface area (Å²) < 4.78 is 1.63. The second-order valence-electron chi connectivity index (χ2n) is 6.24. The smallest absolute Gasteiger partial charge is 0.160 e. The molecule has 2 unspecified atom stereocenters. The molecule has 4 N–H and O–H groups in total. The SMILES string of the molecule is CCC(CO)Nc1c2ccccc2nc2c1c(C)nn2CC(O)CO.Cl. The number of halogens is 1. The Labute approximate surface area is 158 Å². The maximum Gasteiger partial charge on any atom is 0.160 e. The van der Waals surface area contributed by atoms with Gasteiger partial charge >= 0.3 is 0 Å². The third kappa shape index (κ3) is 3.76. The number of hydrogen-bond donors (Lipinski definition) is 4. The van der Waals surface area contributed by atoms with Crippen LogP contribution in [-0.4, -0.2) is 55.4 Å². The minimum absolute atomic E-state index is 0. The molecule has 0 amide bonds. The van der Waals surface area contributed by atoms with Gasteiger partial charge in [-0.25, -0.2) is 9.67 Å². The molecule has 3 rings (SSSR count). The summed E-state index contributed by atoms with van der Waals surface area (Å²) >= 11 is 0. The van der Waals surface area contributed by atoms with Gasteiger partial charge in [0.15, 0.2) is 5.65 Å². The van der Waals surface area contributed by atoms with Gasteiger partial charge in [0.25, 0.3) is 0 Å². The van der Waals surface area contributed by atoms with Crippen LogP contribution in [0.2, 0.25) is 0 Å². The fourth-order valence-electron chi connectivity index (χ4n) is 3.02. The van der Waals surface area contributed by atoms with Crippen LogP contribution in [0.15, 0.2) is 24.3 Å². The molecule has 0 saturated carbocycles. The van der Waals surface area contributed by atoms with E-state index >= 15 is 0 Å².